The van der Waals surface area contributed by atoms with E-state index in [0.29, 0.717) is 5.92 Å². The van der Waals surface area contributed by atoms with E-state index in [1.54, 1.807) is 0 Å². The summed E-state index contributed by atoms with van der Waals surface area (Å²) < 4.78 is 0. The minimum absolute atomic E-state index is 0.654. The number of hydrogen-bond donors (Lipinski definition) is 2. The van der Waals surface area contributed by atoms with Gasteiger partial charge in [-0.1, -0.05) is 11.6 Å². The van der Waals surface area contributed by atoms with Gasteiger partial charge in [-0.15, -0.1) is 0 Å². The number of halogens is 1. The number of hydrogen-bond acceptors (Lipinski definition) is 1. The third-order valence-corrected chi connectivity index (χ3v) is 3.06. The predicted molar refractivity (Wildman–Crippen MR) is 58.9 cm³/mol. The van der Waals surface area contributed by atoms with E-state index in [1.165, 1.54) is 16.6 Å². The predicted octanol–water partition coefficient (Wildman–Crippen LogP) is 2.51. The summed E-state index contributed by atoms with van der Waals surface area (Å²) in [6.45, 7) is 2.17. The van der Waals surface area contributed by atoms with Crippen molar-refractivity contribution >= 4 is 22.5 Å². The monoisotopic (exact) mass is 206 g/mol. The lowest BCUT2D eigenvalue weighted by atomic mass is 10.00. The van der Waals surface area contributed by atoms with Gasteiger partial charge in [0.05, 0.1) is 0 Å². The number of fused-ring (bicyclic) bond motifs is 1. The fraction of sp³-hybridized carbons (Fsp3) is 0.273. The second-order valence-corrected chi connectivity index (χ2v) is 4.25. The molecule has 2 N–H and O–H groups in total. The summed E-state index contributed by atoms with van der Waals surface area (Å²) in [5.74, 6) is 0.654. The maximum Gasteiger partial charge on any atom is 0.0457 e. The zero-order chi connectivity index (χ0) is 9.54. The fourth-order valence-corrected chi connectivity index (χ4v) is 2.03. The molecule has 14 heavy (non-hydrogen) atoms. The number of aromatic nitrogens is 1. The molecule has 1 saturated heterocycles. The van der Waals surface area contributed by atoms with Crippen molar-refractivity contribution in [3.8, 4) is 0 Å². The number of aromatic amines is 1. The van der Waals surface area contributed by atoms with Crippen LogP contribution in [0.25, 0.3) is 10.9 Å². The van der Waals surface area contributed by atoms with Crippen molar-refractivity contribution in [3.63, 3.8) is 0 Å². The van der Waals surface area contributed by atoms with E-state index in [0.717, 1.165) is 18.1 Å². The Morgan fingerprint density at radius 2 is 2.07 bits per heavy atom. The Morgan fingerprint density at radius 3 is 2.79 bits per heavy atom. The van der Waals surface area contributed by atoms with Gasteiger partial charge in [0.1, 0.15) is 0 Å². The molecule has 0 radical (unpaired) electrons. The summed E-state index contributed by atoms with van der Waals surface area (Å²) in [6.07, 6.45) is 0. The van der Waals surface area contributed by atoms with Gasteiger partial charge in [-0.25, -0.2) is 0 Å². The summed E-state index contributed by atoms with van der Waals surface area (Å²) in [5, 5.41) is 5.28. The minimum atomic E-state index is 0.654. The molecule has 0 amide bonds. The van der Waals surface area contributed by atoms with Gasteiger partial charge in [-0.3, -0.25) is 0 Å². The van der Waals surface area contributed by atoms with Gasteiger partial charge >= 0.3 is 0 Å². The summed E-state index contributed by atoms with van der Waals surface area (Å²) >= 11 is 5.93. The summed E-state index contributed by atoms with van der Waals surface area (Å²) in [7, 11) is 0. The third kappa shape index (κ3) is 1.22. The minimum Gasteiger partial charge on any atom is -0.358 e. The molecule has 0 unspecified atom stereocenters. The van der Waals surface area contributed by atoms with E-state index in [2.05, 4.69) is 16.4 Å². The maximum absolute atomic E-state index is 5.93. The van der Waals surface area contributed by atoms with Crippen molar-refractivity contribution in [2.75, 3.05) is 13.1 Å². The van der Waals surface area contributed by atoms with Gasteiger partial charge in [0.25, 0.3) is 0 Å². The first-order valence-corrected chi connectivity index (χ1v) is 5.19. The number of rotatable bonds is 1. The fourth-order valence-electron chi connectivity index (χ4n) is 1.85. The highest BCUT2D eigenvalue weighted by Crippen LogP contribution is 2.25. The van der Waals surface area contributed by atoms with Crippen LogP contribution in [0, 0.1) is 0 Å². The lowest BCUT2D eigenvalue weighted by molar-refractivity contribution is 0.442. The van der Waals surface area contributed by atoms with Crippen LogP contribution < -0.4 is 5.32 Å². The lowest BCUT2D eigenvalue weighted by Crippen LogP contribution is -2.40. The average Bonchev–Trinajstić information content (AvgIpc) is 2.43. The first-order valence-electron chi connectivity index (χ1n) is 4.82. The first-order chi connectivity index (χ1) is 6.83. The Bertz CT molecular complexity index is 471. The zero-order valence-electron chi connectivity index (χ0n) is 7.68. The molecule has 1 aliphatic rings. The Morgan fingerprint density at radius 1 is 1.21 bits per heavy atom. The van der Waals surface area contributed by atoms with Crippen LogP contribution in [0.1, 0.15) is 11.6 Å². The number of nitrogens with one attached hydrogen (secondary N) is 2. The van der Waals surface area contributed by atoms with Gasteiger partial charge in [-0.05, 0) is 24.3 Å². The molecule has 0 aliphatic carbocycles. The van der Waals surface area contributed by atoms with E-state index in [1.807, 2.05) is 18.2 Å². The smallest absolute Gasteiger partial charge is 0.0457 e. The van der Waals surface area contributed by atoms with Crippen LogP contribution in [0.4, 0.5) is 0 Å². The maximum atomic E-state index is 5.93. The highest BCUT2D eigenvalue weighted by Gasteiger charge is 2.20. The van der Waals surface area contributed by atoms with E-state index in [9.17, 15) is 0 Å². The van der Waals surface area contributed by atoms with Crippen LogP contribution in [0.5, 0.6) is 0 Å². The van der Waals surface area contributed by atoms with E-state index < -0.39 is 0 Å². The highest BCUT2D eigenvalue weighted by atomic mass is 35.5. The van der Waals surface area contributed by atoms with Crippen molar-refractivity contribution in [2.24, 2.45) is 0 Å². The van der Waals surface area contributed by atoms with Crippen molar-refractivity contribution in [1.29, 1.82) is 0 Å². The van der Waals surface area contributed by atoms with Crippen LogP contribution in [0.15, 0.2) is 24.3 Å². The summed E-state index contributed by atoms with van der Waals surface area (Å²) in [5.41, 5.74) is 2.50. The SMILES string of the molecule is Clc1ccc2[nH]c(C3CNC3)cc2c1. The summed E-state index contributed by atoms with van der Waals surface area (Å²) in [6, 6.07) is 8.16. The summed E-state index contributed by atoms with van der Waals surface area (Å²) in [4.78, 5) is 3.43. The number of benzene rings is 1. The largest absolute Gasteiger partial charge is 0.358 e. The van der Waals surface area contributed by atoms with Crippen molar-refractivity contribution < 1.29 is 0 Å². The Hall–Kier alpha value is -0.990. The van der Waals surface area contributed by atoms with Gasteiger partial charge in [0, 0.05) is 40.6 Å². The van der Waals surface area contributed by atoms with Crippen LogP contribution >= 0.6 is 11.6 Å². The van der Waals surface area contributed by atoms with Crippen molar-refractivity contribution in [2.45, 2.75) is 5.92 Å². The molecule has 3 heteroatoms. The Labute approximate surface area is 87.3 Å². The third-order valence-electron chi connectivity index (χ3n) is 2.82. The molecule has 1 fully saturated rings. The molecule has 1 aromatic carbocycles. The average molecular weight is 207 g/mol. The molecule has 0 bridgehead atoms. The lowest BCUT2D eigenvalue weighted by Gasteiger charge is -2.25. The van der Waals surface area contributed by atoms with Crippen molar-refractivity contribution in [3.05, 3.63) is 35.0 Å². The molecule has 72 valence electrons. The van der Waals surface area contributed by atoms with Gasteiger partial charge < -0.3 is 10.3 Å². The van der Waals surface area contributed by atoms with Crippen LogP contribution in [0.2, 0.25) is 5.02 Å². The molecule has 3 rings (SSSR count). The Balaban J connectivity index is 2.10. The molecule has 0 atom stereocenters. The van der Waals surface area contributed by atoms with E-state index in [-0.39, 0.29) is 0 Å². The van der Waals surface area contributed by atoms with Crippen LogP contribution in [0.3, 0.4) is 0 Å². The van der Waals surface area contributed by atoms with E-state index >= 15 is 0 Å². The molecule has 2 nitrogen and oxygen atoms in total. The first kappa shape index (κ1) is 8.33. The normalized spacial score (nSPS) is 17.2. The Kier molecular flexibility index (Phi) is 1.79. The van der Waals surface area contributed by atoms with Crippen molar-refractivity contribution in [1.82, 2.24) is 10.3 Å². The zero-order valence-corrected chi connectivity index (χ0v) is 8.43. The molecule has 0 spiro atoms. The molecular formula is C11H11ClN2. The van der Waals surface area contributed by atoms with Crippen LogP contribution in [-0.4, -0.2) is 18.1 Å². The van der Waals surface area contributed by atoms with Gasteiger partial charge in [0.15, 0.2) is 0 Å². The second kappa shape index (κ2) is 3.01. The molecule has 0 saturated carbocycles. The van der Waals surface area contributed by atoms with E-state index in [4.69, 9.17) is 11.6 Å². The quantitative estimate of drug-likeness (QED) is 0.738. The highest BCUT2D eigenvalue weighted by molar-refractivity contribution is 6.31. The molecule has 1 aliphatic heterocycles. The molecule has 2 heterocycles. The standard InChI is InChI=1S/C11H11ClN2/c12-9-1-2-10-7(3-9)4-11(14-10)8-5-13-6-8/h1-4,8,13-14H,5-6H2. The topological polar surface area (TPSA) is 27.8 Å². The second-order valence-electron chi connectivity index (χ2n) is 3.81. The molecule has 2 aromatic rings. The number of H-pyrrole nitrogens is 1. The molecule has 1 aromatic heterocycles. The van der Waals surface area contributed by atoms with Crippen LogP contribution in [-0.2, 0) is 0 Å². The molecular weight excluding hydrogens is 196 g/mol. The van der Waals surface area contributed by atoms with Gasteiger partial charge in [0.2, 0.25) is 0 Å². The van der Waals surface area contributed by atoms with Gasteiger partial charge in [-0.2, -0.15) is 0 Å².